The summed E-state index contributed by atoms with van der Waals surface area (Å²) in [5.74, 6) is -1.97. The Bertz CT molecular complexity index is 2850. The number of methoxy groups -OCH3 is 3. The molecule has 386 valence electrons. The Hall–Kier alpha value is -6.35. The molecule has 2 aromatic heterocycles. The largest absolute Gasteiger partial charge is 0.496 e. The third-order valence-electron chi connectivity index (χ3n) is 16.8. The van der Waals surface area contributed by atoms with Crippen LogP contribution in [0.25, 0.3) is 10.9 Å². The van der Waals surface area contributed by atoms with Crippen molar-refractivity contribution in [3.63, 3.8) is 0 Å². The van der Waals surface area contributed by atoms with Gasteiger partial charge in [-0.2, -0.15) is 0 Å². The van der Waals surface area contributed by atoms with Crippen LogP contribution in [-0.4, -0.2) is 168 Å². The fourth-order valence-electron chi connectivity index (χ4n) is 14.2. The number of esters is 3. The van der Waals surface area contributed by atoms with Crippen LogP contribution in [0, 0.1) is 11.3 Å². The first-order chi connectivity index (χ1) is 34.3. The van der Waals surface area contributed by atoms with Gasteiger partial charge in [-0.1, -0.05) is 49.4 Å². The van der Waals surface area contributed by atoms with E-state index >= 15 is 4.79 Å². The summed E-state index contributed by atoms with van der Waals surface area (Å²) < 4.78 is 23.9. The highest BCUT2D eigenvalue weighted by molar-refractivity contribution is 5.96. The van der Waals surface area contributed by atoms with Gasteiger partial charge in [0, 0.05) is 105 Å². The zero-order valence-electron chi connectivity index (χ0n) is 42.7. The first-order valence-corrected chi connectivity index (χ1v) is 24.7. The van der Waals surface area contributed by atoms with Crippen LogP contribution < -0.4 is 15.4 Å². The smallest absolute Gasteiger partial charge is 0.344 e. The fourth-order valence-corrected chi connectivity index (χ4v) is 14.2. The topological polar surface area (TPSA) is 254 Å². The van der Waals surface area contributed by atoms with E-state index in [2.05, 4.69) is 59.4 Å². The highest BCUT2D eigenvalue weighted by atomic mass is 16.6. The maximum Gasteiger partial charge on any atom is 0.344 e. The van der Waals surface area contributed by atoms with Crippen molar-refractivity contribution in [2.75, 3.05) is 80.1 Å². The normalized spacial score (nSPS) is 32.2. The summed E-state index contributed by atoms with van der Waals surface area (Å²) in [4.78, 5) is 70.3. The Balaban J connectivity index is 0.000000430. The van der Waals surface area contributed by atoms with Gasteiger partial charge in [-0.15, -0.1) is 5.11 Å². The van der Waals surface area contributed by atoms with Crippen LogP contribution in [0.5, 0.6) is 5.75 Å². The minimum Gasteiger partial charge on any atom is -0.496 e. The van der Waals surface area contributed by atoms with Crippen molar-refractivity contribution in [3.05, 3.63) is 83.0 Å². The lowest BCUT2D eigenvalue weighted by Crippen LogP contribution is -2.81. The Kier molecular flexibility index (Phi) is 13.1. The van der Waals surface area contributed by atoms with Crippen molar-refractivity contribution in [2.24, 2.45) is 27.4 Å². The molecule has 1 spiro atoms. The van der Waals surface area contributed by atoms with Gasteiger partial charge in [0.05, 0.1) is 39.3 Å². The third kappa shape index (κ3) is 7.49. The molecule has 2 bridgehead atoms. The molecular formula is C52H68N10O10. The number of piperidine rings is 1. The number of nitrogens with two attached hydrogens (primary N) is 1. The molecule has 1 saturated carbocycles. The zero-order chi connectivity index (χ0) is 51.7. The zero-order valence-corrected chi connectivity index (χ0v) is 42.7. The number of rotatable bonds is 10. The highest BCUT2D eigenvalue weighted by Crippen LogP contribution is 2.68. The lowest BCUT2D eigenvalue weighted by Gasteiger charge is -2.63. The molecule has 20 nitrogen and oxygen atoms in total. The molecular weight excluding hydrogens is 925 g/mol. The van der Waals surface area contributed by atoms with E-state index in [-0.39, 0.29) is 23.5 Å². The number of nitrogens with one attached hydrogen (secondary N) is 2. The average Bonchev–Trinajstić information content (AvgIpc) is 4.16. The molecule has 2 aromatic carbocycles. The van der Waals surface area contributed by atoms with Gasteiger partial charge in [0.1, 0.15) is 11.2 Å². The summed E-state index contributed by atoms with van der Waals surface area (Å²) >= 11 is 0. The van der Waals surface area contributed by atoms with Crippen molar-refractivity contribution in [1.82, 2.24) is 29.8 Å². The number of aromatic amines is 2. The van der Waals surface area contributed by atoms with E-state index in [1.165, 1.54) is 32.5 Å². The number of carbonyl (C=O) groups is 4. The first kappa shape index (κ1) is 50.6. The number of carbonyl (C=O) groups excluding carboxylic acids is 4. The molecule has 6 N–H and O–H groups in total. The molecule has 1 aliphatic carbocycles. The van der Waals surface area contributed by atoms with Gasteiger partial charge >= 0.3 is 17.9 Å². The molecule has 2 saturated heterocycles. The van der Waals surface area contributed by atoms with Crippen molar-refractivity contribution in [3.8, 4) is 5.75 Å². The van der Waals surface area contributed by atoms with Gasteiger partial charge in [0.2, 0.25) is 11.4 Å². The van der Waals surface area contributed by atoms with E-state index in [1.807, 2.05) is 50.1 Å². The van der Waals surface area contributed by atoms with Gasteiger partial charge in [0.15, 0.2) is 11.8 Å². The number of benzene rings is 2. The summed E-state index contributed by atoms with van der Waals surface area (Å²) in [6.45, 7) is 8.62. The van der Waals surface area contributed by atoms with Crippen LogP contribution in [0.15, 0.2) is 65.2 Å². The van der Waals surface area contributed by atoms with E-state index in [9.17, 15) is 24.6 Å². The van der Waals surface area contributed by atoms with Crippen LogP contribution in [0.1, 0.15) is 85.7 Å². The lowest BCUT2D eigenvalue weighted by molar-refractivity contribution is -0.228. The molecule has 6 aliphatic rings. The number of imidazole rings is 1. The van der Waals surface area contributed by atoms with E-state index in [4.69, 9.17) is 24.7 Å². The molecule has 10 rings (SSSR count). The Morgan fingerprint density at radius 3 is 2.40 bits per heavy atom. The quantitative estimate of drug-likeness (QED) is 0.0494. The van der Waals surface area contributed by atoms with Gasteiger partial charge in [-0.05, 0) is 74.2 Å². The third-order valence-corrected chi connectivity index (χ3v) is 16.8. The Labute approximate surface area is 418 Å². The van der Waals surface area contributed by atoms with Gasteiger partial charge in [-0.3, -0.25) is 29.2 Å². The SMILES string of the molecule is CC[C@]1(O)C[C@@H]2CN(CCc3c([nH]c4ccccc34)[C@@](C(=O)OC)(c3cc4c(cc3OC)N(C)[C@H]3[C@@](O)(C(=O)OC)[C@H](OC(C)=O)[C@]5(CC)C=CCN6CC[C@]43[C@@H]65)C2)C1.CN(C)N=Nc1nc[nH]c1C(N)=O. The molecule has 7 heterocycles. The maximum absolute atomic E-state index is 15.3. The number of amides is 1. The van der Waals surface area contributed by atoms with Gasteiger partial charge in [-0.25, -0.2) is 9.78 Å². The fraction of sp³-hybridized carbons (Fsp3) is 0.558. The molecule has 0 radical (unpaired) electrons. The number of aromatic nitrogens is 3. The minimum atomic E-state index is -2.30. The predicted octanol–water partition coefficient (Wildman–Crippen LogP) is 4.06. The number of aliphatic hydroxyl groups is 2. The number of anilines is 1. The Morgan fingerprint density at radius 1 is 0.986 bits per heavy atom. The molecule has 1 amide bonds. The molecule has 10 atom stereocenters. The molecule has 4 aromatic rings. The van der Waals surface area contributed by atoms with Crippen molar-refractivity contribution in [1.29, 1.82) is 0 Å². The van der Waals surface area contributed by atoms with E-state index in [1.54, 1.807) is 21.2 Å². The second-order valence-electron chi connectivity index (χ2n) is 20.7. The number of hydrogen-bond acceptors (Lipinski definition) is 16. The van der Waals surface area contributed by atoms with Crippen LogP contribution in [0.4, 0.5) is 11.5 Å². The highest BCUT2D eigenvalue weighted by Gasteiger charge is 2.80. The van der Waals surface area contributed by atoms with Crippen LogP contribution >= 0.6 is 0 Å². The predicted molar refractivity (Wildman–Crippen MR) is 266 cm³/mol. The lowest BCUT2D eigenvalue weighted by atomic mass is 9.47. The summed E-state index contributed by atoms with van der Waals surface area (Å²) in [5, 5.41) is 35.2. The summed E-state index contributed by atoms with van der Waals surface area (Å²) in [7, 11) is 9.57. The summed E-state index contributed by atoms with van der Waals surface area (Å²) in [6, 6.07) is 11.0. The van der Waals surface area contributed by atoms with Crippen molar-refractivity contribution >= 4 is 46.2 Å². The summed E-state index contributed by atoms with van der Waals surface area (Å²) in [5.41, 5.74) is 3.57. The number of nitrogens with zero attached hydrogens (tertiary/aromatic N) is 7. The summed E-state index contributed by atoms with van der Waals surface area (Å²) in [6.07, 6.45) is 7.28. The molecule has 5 aliphatic heterocycles. The molecule has 72 heavy (non-hydrogen) atoms. The Morgan fingerprint density at radius 2 is 1.74 bits per heavy atom. The number of fused-ring (bicyclic) bond motifs is 6. The van der Waals surface area contributed by atoms with Crippen molar-refractivity contribution < 1.29 is 48.3 Å². The second kappa shape index (κ2) is 18.6. The van der Waals surface area contributed by atoms with Crippen LogP contribution in [0.2, 0.25) is 0 Å². The van der Waals surface area contributed by atoms with Gasteiger partial charge < -0.3 is 49.8 Å². The minimum absolute atomic E-state index is 0.0986. The van der Waals surface area contributed by atoms with E-state index in [0.29, 0.717) is 82.6 Å². The number of para-hydroxylation sites is 1. The number of ether oxygens (including phenoxy) is 4. The van der Waals surface area contributed by atoms with Gasteiger partial charge in [0.25, 0.3) is 5.91 Å². The monoisotopic (exact) mass is 993 g/mol. The van der Waals surface area contributed by atoms with E-state index < -0.39 is 63.4 Å². The molecule has 1 unspecified atom stereocenters. The standard InChI is InChI=1S/C46H58N4O9.C6H10N6O/c1-8-42(54)23-28-24-45(40(52)57-6,36-30(15-19-49(25-28)26-42)29-13-10-11-14-33(29)47-36)32-21-31-34(22-35(32)56-5)48(4)38-44(31)17-20-50-18-12-16-43(9-2,37(44)50)39(59-27(3)51)46(38,55)41(53)58-7;1-12(2)11-10-6-4(5(7)13)8-3-9-6/h10-14,16,21-22,28,37-39,47,54-55H,8-9,15,17-20,23-26H2,1-7H3;3H,1-2H3,(H2,7,13)(H,8,9)/t28-,37-,38+,39+,42-,43+,44+,45-,46-;/m0./s1. The number of hydrogen-bond donors (Lipinski definition) is 5. The van der Waals surface area contributed by atoms with Crippen LogP contribution in [-0.2, 0) is 45.8 Å². The number of H-pyrrole nitrogens is 2. The maximum atomic E-state index is 15.3. The molecule has 20 heteroatoms. The van der Waals surface area contributed by atoms with E-state index in [0.717, 1.165) is 33.4 Å². The average molecular weight is 993 g/mol. The second-order valence-corrected chi connectivity index (χ2v) is 20.7. The number of likely N-dealkylation sites (N-methyl/N-ethyl adjacent to an activating group) is 1. The van der Waals surface area contributed by atoms with Crippen LogP contribution in [0.3, 0.4) is 0 Å². The number of primary amides is 1. The van der Waals surface area contributed by atoms with Crippen molar-refractivity contribution in [2.45, 2.75) is 99.5 Å². The molecule has 3 fully saturated rings. The first-order valence-electron chi connectivity index (χ1n) is 24.7.